The van der Waals surface area contributed by atoms with E-state index in [4.69, 9.17) is 17.2 Å². The highest BCUT2D eigenvalue weighted by molar-refractivity contribution is 6.05. The van der Waals surface area contributed by atoms with Crippen LogP contribution in [-0.2, 0) is 0 Å². The first-order valence-corrected chi connectivity index (χ1v) is 7.63. The van der Waals surface area contributed by atoms with Gasteiger partial charge in [0.05, 0.1) is 10.4 Å². The highest BCUT2D eigenvalue weighted by Gasteiger charge is 2.38. The number of rotatable bonds is 8. The Balaban J connectivity index is 0. The van der Waals surface area contributed by atoms with Gasteiger partial charge >= 0.3 is 0 Å². The van der Waals surface area contributed by atoms with Crippen LogP contribution in [0.25, 0.3) is 0 Å². The standard InChI is InChI=1S/C12H32N4Si.H3N/c1-5-6-16(17)12(11(4)15,7-9(2)13)8-10(3)14;/h9-11H,5-8,13-15H2,1-4,17H3;1H3. The Kier molecular flexibility index (Phi) is 10.2. The highest BCUT2D eigenvalue weighted by Crippen LogP contribution is 2.28. The van der Waals surface area contributed by atoms with E-state index in [0.717, 1.165) is 36.2 Å². The van der Waals surface area contributed by atoms with Gasteiger partial charge in [0.1, 0.15) is 0 Å². The zero-order valence-electron chi connectivity index (χ0n) is 12.9. The average molecular weight is 278 g/mol. The second-order valence-corrected chi connectivity index (χ2v) is 6.76. The third-order valence-corrected chi connectivity index (χ3v) is 4.86. The molecule has 0 aliphatic heterocycles. The Bertz CT molecular complexity index is 199. The van der Waals surface area contributed by atoms with Crippen LogP contribution in [0.4, 0.5) is 0 Å². The minimum Gasteiger partial charge on any atom is -0.344 e. The van der Waals surface area contributed by atoms with Crippen molar-refractivity contribution in [2.45, 2.75) is 70.6 Å². The van der Waals surface area contributed by atoms with E-state index in [1.165, 1.54) is 0 Å². The fourth-order valence-corrected chi connectivity index (χ4v) is 4.01. The van der Waals surface area contributed by atoms with Crippen LogP contribution in [0.1, 0.15) is 47.0 Å². The van der Waals surface area contributed by atoms with Crippen LogP contribution in [-0.4, -0.2) is 45.2 Å². The van der Waals surface area contributed by atoms with Gasteiger partial charge in [-0.2, -0.15) is 0 Å². The molecule has 0 saturated heterocycles. The van der Waals surface area contributed by atoms with Crippen molar-refractivity contribution in [2.24, 2.45) is 17.2 Å². The van der Waals surface area contributed by atoms with Gasteiger partial charge in [-0.25, -0.2) is 0 Å². The minimum atomic E-state index is -0.0232. The summed E-state index contributed by atoms with van der Waals surface area (Å²) in [6.07, 6.45) is 3.00. The maximum Gasteiger partial charge on any atom is 0.0792 e. The fraction of sp³-hybridized carbons (Fsp3) is 1.00. The number of hydrogen-bond donors (Lipinski definition) is 4. The van der Waals surface area contributed by atoms with Crippen LogP contribution in [0.5, 0.6) is 0 Å². The Morgan fingerprint density at radius 1 is 1.06 bits per heavy atom. The molecule has 5 nitrogen and oxygen atoms in total. The Morgan fingerprint density at radius 2 is 1.44 bits per heavy atom. The maximum atomic E-state index is 6.27. The molecule has 0 aromatic carbocycles. The number of nitrogens with zero attached hydrogens (tertiary/aromatic N) is 1. The summed E-state index contributed by atoms with van der Waals surface area (Å²) in [5, 5.41) is 0. The molecule has 0 spiro atoms. The van der Waals surface area contributed by atoms with E-state index in [0.29, 0.717) is 0 Å². The normalized spacial score (nSPS) is 20.0. The second-order valence-electron chi connectivity index (χ2n) is 5.68. The first-order chi connectivity index (χ1) is 7.76. The van der Waals surface area contributed by atoms with Gasteiger partial charge < -0.3 is 27.9 Å². The van der Waals surface area contributed by atoms with Crippen molar-refractivity contribution in [3.63, 3.8) is 0 Å². The Morgan fingerprint density at radius 3 is 1.67 bits per heavy atom. The van der Waals surface area contributed by atoms with Gasteiger partial charge in [-0.1, -0.05) is 6.92 Å². The van der Waals surface area contributed by atoms with Gasteiger partial charge in [0.2, 0.25) is 0 Å². The van der Waals surface area contributed by atoms with E-state index in [2.05, 4.69) is 32.3 Å². The summed E-state index contributed by atoms with van der Waals surface area (Å²) in [5.41, 5.74) is 18.3. The maximum absolute atomic E-state index is 6.27. The van der Waals surface area contributed by atoms with E-state index in [1.54, 1.807) is 0 Å². The molecule has 0 rings (SSSR count). The zero-order valence-corrected chi connectivity index (χ0v) is 14.9. The molecule has 0 heterocycles. The largest absolute Gasteiger partial charge is 0.344 e. The van der Waals surface area contributed by atoms with Crippen LogP contribution in [0.3, 0.4) is 0 Å². The first-order valence-electron chi connectivity index (χ1n) is 6.74. The molecule has 18 heavy (non-hydrogen) atoms. The monoisotopic (exact) mass is 277 g/mol. The van der Waals surface area contributed by atoms with Crippen molar-refractivity contribution in [2.75, 3.05) is 6.54 Å². The topological polar surface area (TPSA) is 116 Å². The molecule has 3 atom stereocenters. The molecule has 3 unspecified atom stereocenters. The summed E-state index contributed by atoms with van der Waals surface area (Å²) < 4.78 is 2.49. The molecule has 0 fully saturated rings. The molecule has 0 amide bonds. The third kappa shape index (κ3) is 5.77. The lowest BCUT2D eigenvalue weighted by Crippen LogP contribution is -2.62. The van der Waals surface area contributed by atoms with Gasteiger partial charge in [-0.15, -0.1) is 0 Å². The zero-order chi connectivity index (χ0) is 13.6. The van der Waals surface area contributed by atoms with Crippen molar-refractivity contribution < 1.29 is 0 Å². The lowest BCUT2D eigenvalue weighted by Gasteiger charge is -2.47. The first kappa shape index (κ1) is 20.3. The van der Waals surface area contributed by atoms with Crippen LogP contribution in [0.2, 0.25) is 0 Å². The highest BCUT2D eigenvalue weighted by atomic mass is 28.2. The molecule has 0 aromatic rings. The predicted octanol–water partition coefficient (Wildman–Crippen LogP) is -0.299. The Labute approximate surface area is 116 Å². The van der Waals surface area contributed by atoms with E-state index < -0.39 is 0 Å². The lowest BCUT2D eigenvalue weighted by atomic mass is 9.80. The quantitative estimate of drug-likeness (QED) is 0.455. The summed E-state index contributed by atoms with van der Waals surface area (Å²) >= 11 is 0. The van der Waals surface area contributed by atoms with Crippen LogP contribution in [0.15, 0.2) is 0 Å². The van der Waals surface area contributed by atoms with E-state index in [9.17, 15) is 0 Å². The molecule has 0 saturated carbocycles. The van der Waals surface area contributed by atoms with E-state index in [1.807, 2.05) is 0 Å². The van der Waals surface area contributed by atoms with Gasteiger partial charge in [0.25, 0.3) is 0 Å². The van der Waals surface area contributed by atoms with Gasteiger partial charge in [-0.05, 0) is 46.6 Å². The number of nitrogens with two attached hydrogens (primary N) is 3. The molecule has 0 aromatic heterocycles. The molecule has 0 aliphatic rings. The summed E-state index contributed by atoms with van der Waals surface area (Å²) in [6.45, 7) is 9.49. The molecule has 6 heteroatoms. The van der Waals surface area contributed by atoms with Crippen molar-refractivity contribution in [3.05, 3.63) is 0 Å². The summed E-state index contributed by atoms with van der Waals surface area (Å²) in [7, 11) is 1.01. The number of hydrogen-bond acceptors (Lipinski definition) is 5. The van der Waals surface area contributed by atoms with Crippen molar-refractivity contribution >= 4 is 10.4 Å². The summed E-state index contributed by atoms with van der Waals surface area (Å²) in [5.74, 6) is 0. The third-order valence-electron chi connectivity index (χ3n) is 3.52. The van der Waals surface area contributed by atoms with E-state index in [-0.39, 0.29) is 29.8 Å². The van der Waals surface area contributed by atoms with Gasteiger partial charge in [-0.3, -0.25) is 0 Å². The average Bonchev–Trinajstić information content (AvgIpc) is 2.14. The minimum absolute atomic E-state index is 0. The van der Waals surface area contributed by atoms with Gasteiger partial charge in [0.15, 0.2) is 0 Å². The van der Waals surface area contributed by atoms with Crippen LogP contribution in [0, 0.1) is 0 Å². The summed E-state index contributed by atoms with van der Waals surface area (Å²) in [6, 6.07) is 0.421. The molecule has 0 aliphatic carbocycles. The Hall–Kier alpha value is 0.0169. The molecule has 0 radical (unpaired) electrons. The molecule has 9 N–H and O–H groups in total. The van der Waals surface area contributed by atoms with Crippen molar-refractivity contribution in [1.29, 1.82) is 0 Å². The summed E-state index contributed by atoms with van der Waals surface area (Å²) in [4.78, 5) is 0. The molecule has 0 bridgehead atoms. The van der Waals surface area contributed by atoms with Crippen LogP contribution >= 0.6 is 0 Å². The smallest absolute Gasteiger partial charge is 0.0792 e. The lowest BCUT2D eigenvalue weighted by molar-refractivity contribution is 0.118. The predicted molar refractivity (Wildman–Crippen MR) is 84.9 cm³/mol. The molecular weight excluding hydrogens is 242 g/mol. The molecular formula is C12H35N5Si. The molecule has 112 valence electrons. The van der Waals surface area contributed by atoms with Crippen molar-refractivity contribution in [3.8, 4) is 0 Å². The second kappa shape index (κ2) is 9.01. The fourth-order valence-electron chi connectivity index (χ4n) is 2.79. The SMILES string of the molecule is CCCN([SiH3])C(CC(C)N)(CC(C)N)C(C)N.N. The van der Waals surface area contributed by atoms with E-state index >= 15 is 0 Å². The van der Waals surface area contributed by atoms with Crippen molar-refractivity contribution in [1.82, 2.24) is 10.7 Å². The van der Waals surface area contributed by atoms with Crippen LogP contribution < -0.4 is 23.4 Å². The van der Waals surface area contributed by atoms with Gasteiger partial charge in [0, 0.05) is 23.7 Å².